The Balaban J connectivity index is 2.84. The van der Waals surface area contributed by atoms with Gasteiger partial charge in [-0.05, 0) is 35.0 Å². The number of allylic oxidation sites excluding steroid dienone is 1. The molecule has 0 spiro atoms. The molecule has 0 unspecified atom stereocenters. The second kappa shape index (κ2) is 5.28. The van der Waals surface area contributed by atoms with Gasteiger partial charge >= 0.3 is 0 Å². The molecule has 0 bridgehead atoms. The van der Waals surface area contributed by atoms with Crippen LogP contribution in [-0.2, 0) is 4.79 Å². The molecule has 0 fully saturated rings. The number of aromatic nitrogens is 1. The minimum Gasteiger partial charge on any atom is -0.511 e. The van der Waals surface area contributed by atoms with Crippen molar-refractivity contribution >= 4 is 27.7 Å². The van der Waals surface area contributed by atoms with E-state index in [9.17, 15) is 4.79 Å². The lowest BCUT2D eigenvalue weighted by Crippen LogP contribution is -2.15. The van der Waals surface area contributed by atoms with Crippen molar-refractivity contribution in [2.75, 3.05) is 5.32 Å². The Morgan fingerprint density at radius 2 is 2.31 bits per heavy atom. The van der Waals surface area contributed by atoms with Crippen molar-refractivity contribution in [2.45, 2.75) is 6.92 Å². The van der Waals surface area contributed by atoms with Gasteiger partial charge in [0.1, 0.15) is 17.6 Å². The van der Waals surface area contributed by atoms with Gasteiger partial charge in [0.25, 0.3) is 5.91 Å². The van der Waals surface area contributed by atoms with Crippen LogP contribution in [0.4, 0.5) is 5.82 Å². The summed E-state index contributed by atoms with van der Waals surface area (Å²) in [6.45, 7) is 1.27. The second-order valence-electron chi connectivity index (χ2n) is 2.89. The predicted octanol–water partition coefficient (Wildman–Crippen LogP) is 2.14. The highest BCUT2D eigenvalue weighted by atomic mass is 79.9. The summed E-state index contributed by atoms with van der Waals surface area (Å²) in [4.78, 5) is 15.4. The van der Waals surface area contributed by atoms with E-state index in [2.05, 4.69) is 26.2 Å². The molecular weight excluding hydrogens is 274 g/mol. The summed E-state index contributed by atoms with van der Waals surface area (Å²) in [6.07, 6.45) is 1.51. The minimum absolute atomic E-state index is 0.308. The fourth-order valence-electron chi connectivity index (χ4n) is 0.925. The fraction of sp³-hybridized carbons (Fsp3) is 0.100. The average Bonchev–Trinajstić information content (AvgIpc) is 2.22. The molecule has 6 heteroatoms. The number of aliphatic hydroxyl groups excluding tert-OH is 1. The summed E-state index contributed by atoms with van der Waals surface area (Å²) >= 11 is 3.20. The van der Waals surface area contributed by atoms with Crippen LogP contribution in [0.15, 0.2) is 34.1 Å². The Kier molecular flexibility index (Phi) is 4.03. The minimum atomic E-state index is -0.683. The molecule has 0 aromatic carbocycles. The quantitative estimate of drug-likeness (QED) is 0.494. The molecule has 16 heavy (non-hydrogen) atoms. The van der Waals surface area contributed by atoms with Gasteiger partial charge in [0.2, 0.25) is 0 Å². The maximum Gasteiger partial charge on any atom is 0.270 e. The van der Waals surface area contributed by atoms with Gasteiger partial charge in [0, 0.05) is 10.7 Å². The van der Waals surface area contributed by atoms with Gasteiger partial charge in [0.15, 0.2) is 5.57 Å². The third kappa shape index (κ3) is 3.07. The zero-order valence-corrected chi connectivity index (χ0v) is 9.95. The first-order chi connectivity index (χ1) is 7.54. The SMILES string of the molecule is CC(O)=C(C#N)C(=O)Nc1ccc(Br)cn1. The van der Waals surface area contributed by atoms with Gasteiger partial charge < -0.3 is 10.4 Å². The van der Waals surface area contributed by atoms with Crippen molar-refractivity contribution in [1.29, 1.82) is 5.26 Å². The number of pyridine rings is 1. The first kappa shape index (κ1) is 12.2. The van der Waals surface area contributed by atoms with Crippen LogP contribution < -0.4 is 5.32 Å². The molecule has 1 heterocycles. The van der Waals surface area contributed by atoms with Crippen LogP contribution in [0.3, 0.4) is 0 Å². The van der Waals surface area contributed by atoms with Crippen molar-refractivity contribution < 1.29 is 9.90 Å². The third-order valence-electron chi connectivity index (χ3n) is 1.67. The van der Waals surface area contributed by atoms with Gasteiger partial charge in [-0.1, -0.05) is 0 Å². The Labute approximate surface area is 101 Å². The Hall–Kier alpha value is -1.87. The normalized spacial score (nSPS) is 11.3. The van der Waals surface area contributed by atoms with Crippen LogP contribution in [0, 0.1) is 11.3 Å². The van der Waals surface area contributed by atoms with E-state index in [1.165, 1.54) is 13.1 Å². The topological polar surface area (TPSA) is 86.0 Å². The zero-order valence-electron chi connectivity index (χ0n) is 8.36. The van der Waals surface area contributed by atoms with Gasteiger partial charge in [-0.3, -0.25) is 4.79 Å². The second-order valence-corrected chi connectivity index (χ2v) is 3.80. The van der Waals surface area contributed by atoms with Crippen molar-refractivity contribution in [2.24, 2.45) is 0 Å². The molecule has 1 aromatic heterocycles. The van der Waals surface area contributed by atoms with Crippen LogP contribution in [0.5, 0.6) is 0 Å². The number of rotatable bonds is 2. The summed E-state index contributed by atoms with van der Waals surface area (Å²) in [7, 11) is 0. The van der Waals surface area contributed by atoms with E-state index in [0.29, 0.717) is 5.82 Å². The first-order valence-corrected chi connectivity index (χ1v) is 5.06. The molecule has 0 aliphatic heterocycles. The first-order valence-electron chi connectivity index (χ1n) is 4.27. The van der Waals surface area contributed by atoms with E-state index in [1.54, 1.807) is 18.2 Å². The molecule has 0 atom stereocenters. The highest BCUT2D eigenvalue weighted by Gasteiger charge is 2.12. The molecule has 1 aromatic rings. The van der Waals surface area contributed by atoms with E-state index in [0.717, 1.165) is 4.47 Å². The zero-order chi connectivity index (χ0) is 12.1. The number of carbonyl (C=O) groups is 1. The summed E-state index contributed by atoms with van der Waals surface area (Å²) in [5.41, 5.74) is -0.329. The molecule has 2 N–H and O–H groups in total. The Morgan fingerprint density at radius 1 is 1.62 bits per heavy atom. The number of aliphatic hydroxyl groups is 1. The van der Waals surface area contributed by atoms with Gasteiger partial charge in [0.05, 0.1) is 0 Å². The number of amides is 1. The van der Waals surface area contributed by atoms with Crippen molar-refractivity contribution in [3.63, 3.8) is 0 Å². The maximum atomic E-state index is 11.5. The van der Waals surface area contributed by atoms with Crippen LogP contribution >= 0.6 is 15.9 Å². The number of halogens is 1. The Bertz CT molecular complexity index is 470. The fourth-order valence-corrected chi connectivity index (χ4v) is 1.16. The molecule has 1 rings (SSSR count). The summed E-state index contributed by atoms with van der Waals surface area (Å²) in [6, 6.07) is 4.89. The average molecular weight is 282 g/mol. The van der Waals surface area contributed by atoms with Gasteiger partial charge in [-0.2, -0.15) is 5.26 Å². The molecule has 82 valence electrons. The van der Waals surface area contributed by atoms with Crippen LogP contribution in [0.1, 0.15) is 6.92 Å². The van der Waals surface area contributed by atoms with E-state index in [4.69, 9.17) is 10.4 Å². The molecule has 0 aliphatic carbocycles. The molecule has 0 aliphatic rings. The van der Waals surface area contributed by atoms with Gasteiger partial charge in [-0.25, -0.2) is 4.98 Å². The van der Waals surface area contributed by atoms with Crippen LogP contribution in [-0.4, -0.2) is 16.0 Å². The summed E-state index contributed by atoms with van der Waals surface area (Å²) < 4.78 is 0.778. The number of anilines is 1. The van der Waals surface area contributed by atoms with Crippen LogP contribution in [0.25, 0.3) is 0 Å². The van der Waals surface area contributed by atoms with E-state index in [-0.39, 0.29) is 11.3 Å². The highest BCUT2D eigenvalue weighted by Crippen LogP contribution is 2.11. The number of hydrogen-bond acceptors (Lipinski definition) is 4. The lowest BCUT2D eigenvalue weighted by atomic mass is 10.2. The number of nitrogens with zero attached hydrogens (tertiary/aromatic N) is 2. The number of carbonyl (C=O) groups excluding carboxylic acids is 1. The molecular formula is C10H8BrN3O2. The van der Waals surface area contributed by atoms with Crippen molar-refractivity contribution in [1.82, 2.24) is 4.98 Å². The number of nitrogens with one attached hydrogen (secondary N) is 1. The van der Waals surface area contributed by atoms with Crippen molar-refractivity contribution in [3.05, 3.63) is 34.1 Å². The standard InChI is InChI=1S/C10H8BrN3O2/c1-6(15)8(4-12)10(16)14-9-3-2-7(11)5-13-9/h2-3,5,15H,1H3,(H,13,14,16). The molecule has 0 saturated carbocycles. The molecule has 1 amide bonds. The molecule has 5 nitrogen and oxygen atoms in total. The van der Waals surface area contributed by atoms with Crippen LogP contribution in [0.2, 0.25) is 0 Å². The summed E-state index contributed by atoms with van der Waals surface area (Å²) in [5.74, 6) is -0.698. The predicted molar refractivity (Wildman–Crippen MR) is 61.5 cm³/mol. The highest BCUT2D eigenvalue weighted by molar-refractivity contribution is 9.10. The maximum absolute atomic E-state index is 11.5. The molecule has 0 saturated heterocycles. The monoisotopic (exact) mass is 281 g/mol. The summed E-state index contributed by atoms with van der Waals surface area (Å²) in [5, 5.41) is 20.1. The Morgan fingerprint density at radius 3 is 2.75 bits per heavy atom. The van der Waals surface area contributed by atoms with E-state index in [1.807, 2.05) is 0 Å². The lowest BCUT2D eigenvalue weighted by molar-refractivity contribution is -0.112. The largest absolute Gasteiger partial charge is 0.511 e. The van der Waals surface area contributed by atoms with Crippen molar-refractivity contribution in [3.8, 4) is 6.07 Å². The third-order valence-corrected chi connectivity index (χ3v) is 2.14. The molecule has 0 radical (unpaired) electrons. The van der Waals surface area contributed by atoms with E-state index < -0.39 is 5.91 Å². The van der Waals surface area contributed by atoms with E-state index >= 15 is 0 Å². The number of nitriles is 1. The smallest absolute Gasteiger partial charge is 0.270 e. The number of hydrogen-bond donors (Lipinski definition) is 2. The van der Waals surface area contributed by atoms with Gasteiger partial charge in [-0.15, -0.1) is 0 Å². The lowest BCUT2D eigenvalue weighted by Gasteiger charge is -2.03.